The molecule has 0 saturated carbocycles. The van der Waals surface area contributed by atoms with Gasteiger partial charge in [0.1, 0.15) is 12.4 Å². The van der Waals surface area contributed by atoms with E-state index in [-0.39, 0.29) is 11.8 Å². The maximum absolute atomic E-state index is 12.3. The zero-order valence-electron chi connectivity index (χ0n) is 15.2. The molecule has 0 aliphatic carbocycles. The van der Waals surface area contributed by atoms with E-state index < -0.39 is 0 Å². The van der Waals surface area contributed by atoms with Crippen LogP contribution in [0, 0.1) is 0 Å². The summed E-state index contributed by atoms with van der Waals surface area (Å²) in [7, 11) is 0. The maximum Gasteiger partial charge on any atom is 0.273 e. The first kappa shape index (κ1) is 19.1. The minimum absolute atomic E-state index is 0.220. The molecule has 0 atom stereocenters. The normalized spacial score (nSPS) is 10.8. The summed E-state index contributed by atoms with van der Waals surface area (Å²) in [5.74, 6) is 0.806. The predicted octanol–water partition coefficient (Wildman–Crippen LogP) is 4.20. The molecule has 140 valence electrons. The molecule has 2 N–H and O–H groups in total. The number of amides is 1. The number of carbonyl (C=O) groups is 1. The van der Waals surface area contributed by atoms with Crippen molar-refractivity contribution in [1.29, 1.82) is 0 Å². The molecule has 27 heavy (non-hydrogen) atoms. The lowest BCUT2D eigenvalue weighted by Gasteiger charge is -2.08. The third kappa shape index (κ3) is 4.95. The molecule has 0 fully saturated rings. The number of halogens is 1. The topological polar surface area (TPSA) is 79.9 Å². The number of rotatable bonds is 7. The summed E-state index contributed by atoms with van der Waals surface area (Å²) in [5.41, 5.74) is 3.28. The van der Waals surface area contributed by atoms with Crippen LogP contribution in [-0.2, 0) is 13.2 Å². The van der Waals surface area contributed by atoms with E-state index in [1.807, 2.05) is 50.2 Å². The Morgan fingerprint density at radius 1 is 1.22 bits per heavy atom. The van der Waals surface area contributed by atoms with Gasteiger partial charge in [-0.15, -0.1) is 0 Å². The number of nitrogens with one attached hydrogen (secondary N) is 2. The van der Waals surface area contributed by atoms with Gasteiger partial charge in [0.05, 0.1) is 10.2 Å². The second-order valence-corrected chi connectivity index (χ2v) is 7.22. The van der Waals surface area contributed by atoms with Crippen molar-refractivity contribution < 1.29 is 9.53 Å². The van der Waals surface area contributed by atoms with Crippen LogP contribution in [0.25, 0.3) is 0 Å². The highest BCUT2D eigenvalue weighted by Gasteiger charge is 2.18. The Morgan fingerprint density at radius 3 is 2.63 bits per heavy atom. The molecule has 1 amide bonds. The van der Waals surface area contributed by atoms with Gasteiger partial charge >= 0.3 is 0 Å². The number of hydrogen-bond donors (Lipinski definition) is 2. The first-order chi connectivity index (χ1) is 13.0. The Kier molecular flexibility index (Phi) is 6.24. The second-order valence-electron chi connectivity index (χ2n) is 6.43. The number of hydrogen-bond acceptors (Lipinski definition) is 4. The highest BCUT2D eigenvalue weighted by molar-refractivity contribution is 9.10. The van der Waals surface area contributed by atoms with Crippen molar-refractivity contribution in [2.75, 3.05) is 0 Å². The molecular formula is C20H21BrN4O2. The van der Waals surface area contributed by atoms with Crippen molar-refractivity contribution in [3.05, 3.63) is 75.8 Å². The largest absolute Gasteiger partial charge is 0.489 e. The molecule has 6 nitrogen and oxygen atoms in total. The van der Waals surface area contributed by atoms with Gasteiger partial charge in [0.15, 0.2) is 5.69 Å². The molecule has 1 aromatic carbocycles. The average Bonchev–Trinajstić information content (AvgIpc) is 3.08. The van der Waals surface area contributed by atoms with Crippen molar-refractivity contribution in [2.24, 2.45) is 0 Å². The van der Waals surface area contributed by atoms with Gasteiger partial charge in [0.2, 0.25) is 0 Å². The number of benzene rings is 1. The molecule has 2 aromatic heterocycles. The molecule has 3 aromatic rings. The van der Waals surface area contributed by atoms with Gasteiger partial charge in [-0.3, -0.25) is 14.9 Å². The first-order valence-corrected chi connectivity index (χ1v) is 9.46. The lowest BCUT2D eigenvalue weighted by atomic mass is 10.1. The molecular weight excluding hydrogens is 408 g/mol. The predicted molar refractivity (Wildman–Crippen MR) is 107 cm³/mol. The van der Waals surface area contributed by atoms with Crippen LogP contribution in [-0.4, -0.2) is 21.1 Å². The summed E-state index contributed by atoms with van der Waals surface area (Å²) >= 11 is 3.45. The van der Waals surface area contributed by atoms with Gasteiger partial charge in [0.25, 0.3) is 5.91 Å². The van der Waals surface area contributed by atoms with Crippen LogP contribution in [0.1, 0.15) is 47.1 Å². The molecule has 0 spiro atoms. The number of pyridine rings is 1. The Balaban J connectivity index is 1.53. The molecule has 0 radical (unpaired) electrons. The zero-order valence-corrected chi connectivity index (χ0v) is 16.8. The second kappa shape index (κ2) is 8.81. The van der Waals surface area contributed by atoms with Gasteiger partial charge in [-0.1, -0.05) is 32.0 Å². The van der Waals surface area contributed by atoms with E-state index in [9.17, 15) is 4.79 Å². The quantitative estimate of drug-likeness (QED) is 0.590. The van der Waals surface area contributed by atoms with Crippen molar-refractivity contribution in [3.8, 4) is 5.75 Å². The third-order valence-electron chi connectivity index (χ3n) is 4.03. The van der Waals surface area contributed by atoms with E-state index in [0.717, 1.165) is 22.6 Å². The van der Waals surface area contributed by atoms with E-state index in [0.29, 0.717) is 23.3 Å². The minimum atomic E-state index is -0.220. The monoisotopic (exact) mass is 428 g/mol. The van der Waals surface area contributed by atoms with E-state index in [2.05, 4.69) is 36.4 Å². The molecule has 0 unspecified atom stereocenters. The Bertz CT molecular complexity index is 892. The van der Waals surface area contributed by atoms with Crippen molar-refractivity contribution in [1.82, 2.24) is 20.5 Å². The highest BCUT2D eigenvalue weighted by atomic mass is 79.9. The molecule has 0 bridgehead atoms. The van der Waals surface area contributed by atoms with Gasteiger partial charge in [-0.05, 0) is 45.6 Å². The first-order valence-electron chi connectivity index (χ1n) is 8.67. The summed E-state index contributed by atoms with van der Waals surface area (Å²) < 4.78 is 6.45. The molecule has 0 saturated heterocycles. The number of nitrogens with zero attached hydrogens (tertiary/aromatic N) is 2. The summed E-state index contributed by atoms with van der Waals surface area (Å²) in [6.07, 6.45) is 3.51. The smallest absolute Gasteiger partial charge is 0.273 e. The lowest BCUT2D eigenvalue weighted by molar-refractivity contribution is 0.0945. The number of aromatic nitrogens is 3. The van der Waals surface area contributed by atoms with Crippen molar-refractivity contribution in [2.45, 2.75) is 32.9 Å². The number of ether oxygens (including phenoxy) is 1. The van der Waals surface area contributed by atoms with Crippen LogP contribution >= 0.6 is 15.9 Å². The molecule has 3 rings (SSSR count). The van der Waals surface area contributed by atoms with Gasteiger partial charge in [-0.25, -0.2) is 0 Å². The van der Waals surface area contributed by atoms with E-state index in [1.54, 1.807) is 12.4 Å². The number of carbonyl (C=O) groups excluding carboxylic acids is 1. The van der Waals surface area contributed by atoms with E-state index in [1.165, 1.54) is 0 Å². The van der Waals surface area contributed by atoms with Crippen LogP contribution < -0.4 is 10.1 Å². The summed E-state index contributed by atoms with van der Waals surface area (Å²) in [4.78, 5) is 16.4. The van der Waals surface area contributed by atoms with Crippen LogP contribution in [0.4, 0.5) is 0 Å². The van der Waals surface area contributed by atoms with Crippen LogP contribution in [0.15, 0.2) is 53.3 Å². The third-order valence-corrected chi connectivity index (χ3v) is 4.83. The standard InChI is InChI=1S/C20H21BrN4O2/c1-13(2)18-17(21)19(25-24-18)20(26)23-11-14-5-7-16(8-6-14)27-12-15-4-3-9-22-10-15/h3-10,13H,11-12H2,1-2H3,(H,23,26)(H,24,25). The summed E-state index contributed by atoms with van der Waals surface area (Å²) in [6, 6.07) is 11.5. The van der Waals surface area contributed by atoms with Crippen molar-refractivity contribution in [3.63, 3.8) is 0 Å². The fraction of sp³-hybridized carbons (Fsp3) is 0.250. The van der Waals surface area contributed by atoms with Gasteiger partial charge < -0.3 is 10.1 Å². The maximum atomic E-state index is 12.3. The molecule has 2 heterocycles. The fourth-order valence-corrected chi connectivity index (χ4v) is 3.31. The molecule has 0 aliphatic rings. The highest BCUT2D eigenvalue weighted by Crippen LogP contribution is 2.25. The fourth-order valence-electron chi connectivity index (χ4n) is 2.49. The minimum Gasteiger partial charge on any atom is -0.489 e. The van der Waals surface area contributed by atoms with Crippen LogP contribution in [0.3, 0.4) is 0 Å². The van der Waals surface area contributed by atoms with Gasteiger partial charge in [-0.2, -0.15) is 5.10 Å². The Hall–Kier alpha value is -2.67. The Labute approximate surface area is 166 Å². The summed E-state index contributed by atoms with van der Waals surface area (Å²) in [5, 5.41) is 9.90. The summed E-state index contributed by atoms with van der Waals surface area (Å²) in [6.45, 7) is 4.96. The number of aromatic amines is 1. The van der Waals surface area contributed by atoms with Crippen molar-refractivity contribution >= 4 is 21.8 Å². The van der Waals surface area contributed by atoms with Crippen LogP contribution in [0.2, 0.25) is 0 Å². The molecule has 0 aliphatic heterocycles. The van der Waals surface area contributed by atoms with E-state index in [4.69, 9.17) is 4.74 Å². The number of H-pyrrole nitrogens is 1. The zero-order chi connectivity index (χ0) is 19.2. The van der Waals surface area contributed by atoms with E-state index >= 15 is 0 Å². The SMILES string of the molecule is CC(C)c1[nH]nc(C(=O)NCc2ccc(OCc3cccnc3)cc2)c1Br. The Morgan fingerprint density at radius 2 is 2.00 bits per heavy atom. The molecule has 7 heteroatoms. The van der Waals surface area contributed by atoms with Crippen LogP contribution in [0.5, 0.6) is 5.75 Å². The lowest BCUT2D eigenvalue weighted by Crippen LogP contribution is -2.23. The average molecular weight is 429 g/mol. The van der Waals surface area contributed by atoms with Gasteiger partial charge in [0, 0.05) is 24.5 Å².